The highest BCUT2D eigenvalue weighted by atomic mass is 32.2. The molecule has 1 N–H and O–H groups in total. The minimum Gasteiger partial charge on any atom is -0.354 e. The molecule has 0 aliphatic carbocycles. The standard InChI is InChI=1S/C17H17N5O3S/c1-22(14-5-6-26(24,25)11-14)16-10-19-15(9-20-16)17(23)21-13-4-2-3-12(7-13)8-18/h2-4,7,9-10,14H,5-6,11H2,1H3,(H,21,23). The van der Waals surface area contributed by atoms with E-state index >= 15 is 0 Å². The number of anilines is 2. The van der Waals surface area contributed by atoms with E-state index in [9.17, 15) is 13.2 Å². The van der Waals surface area contributed by atoms with Crippen LogP contribution in [0, 0.1) is 11.3 Å². The van der Waals surface area contributed by atoms with Crippen molar-refractivity contribution in [1.82, 2.24) is 9.97 Å². The second kappa shape index (κ2) is 7.09. The third-order valence-electron chi connectivity index (χ3n) is 4.24. The lowest BCUT2D eigenvalue weighted by atomic mass is 10.2. The Morgan fingerprint density at radius 3 is 2.77 bits per heavy atom. The van der Waals surface area contributed by atoms with Crippen molar-refractivity contribution in [2.24, 2.45) is 0 Å². The fraction of sp³-hybridized carbons (Fsp3) is 0.294. The van der Waals surface area contributed by atoms with Crippen LogP contribution in [0.1, 0.15) is 22.5 Å². The molecule has 1 aliphatic heterocycles. The zero-order valence-electron chi connectivity index (χ0n) is 14.1. The number of aromatic nitrogens is 2. The van der Waals surface area contributed by atoms with Gasteiger partial charge in [0.1, 0.15) is 11.5 Å². The Morgan fingerprint density at radius 2 is 2.15 bits per heavy atom. The first-order valence-electron chi connectivity index (χ1n) is 7.95. The van der Waals surface area contributed by atoms with E-state index in [1.165, 1.54) is 12.4 Å². The average molecular weight is 371 g/mol. The molecule has 1 aromatic carbocycles. The molecule has 0 spiro atoms. The number of amides is 1. The van der Waals surface area contributed by atoms with Gasteiger partial charge < -0.3 is 10.2 Å². The maximum absolute atomic E-state index is 12.2. The molecule has 1 aliphatic rings. The van der Waals surface area contributed by atoms with Gasteiger partial charge in [-0.05, 0) is 24.6 Å². The van der Waals surface area contributed by atoms with Gasteiger partial charge in [-0.3, -0.25) is 4.79 Å². The second-order valence-corrected chi connectivity index (χ2v) is 8.30. The van der Waals surface area contributed by atoms with Crippen LogP contribution in [0.3, 0.4) is 0 Å². The Bertz CT molecular complexity index is 967. The van der Waals surface area contributed by atoms with Gasteiger partial charge in [-0.15, -0.1) is 0 Å². The first-order valence-corrected chi connectivity index (χ1v) is 9.77. The normalized spacial score (nSPS) is 18.1. The van der Waals surface area contributed by atoms with E-state index in [4.69, 9.17) is 5.26 Å². The summed E-state index contributed by atoms with van der Waals surface area (Å²) in [5.41, 5.74) is 1.06. The lowest BCUT2D eigenvalue weighted by Gasteiger charge is -2.23. The molecular weight excluding hydrogens is 354 g/mol. The summed E-state index contributed by atoms with van der Waals surface area (Å²) in [6.07, 6.45) is 3.35. The van der Waals surface area contributed by atoms with E-state index in [1.54, 1.807) is 36.2 Å². The number of rotatable bonds is 4. The van der Waals surface area contributed by atoms with Crippen molar-refractivity contribution in [2.45, 2.75) is 12.5 Å². The van der Waals surface area contributed by atoms with Gasteiger partial charge in [0.05, 0.1) is 35.5 Å². The molecule has 0 bridgehead atoms. The summed E-state index contributed by atoms with van der Waals surface area (Å²) in [7, 11) is -1.22. The number of carbonyl (C=O) groups is 1. The number of nitriles is 1. The first-order chi connectivity index (χ1) is 12.4. The van der Waals surface area contributed by atoms with Crippen LogP contribution in [-0.2, 0) is 9.84 Å². The van der Waals surface area contributed by atoms with Crippen LogP contribution in [0.2, 0.25) is 0 Å². The second-order valence-electron chi connectivity index (χ2n) is 6.07. The Morgan fingerprint density at radius 1 is 1.35 bits per heavy atom. The fourth-order valence-electron chi connectivity index (χ4n) is 2.75. The summed E-state index contributed by atoms with van der Waals surface area (Å²) >= 11 is 0. The highest BCUT2D eigenvalue weighted by molar-refractivity contribution is 7.91. The first kappa shape index (κ1) is 17.8. The third-order valence-corrected chi connectivity index (χ3v) is 5.99. The molecule has 3 rings (SSSR count). The topological polar surface area (TPSA) is 116 Å². The van der Waals surface area contributed by atoms with Crippen molar-refractivity contribution in [2.75, 3.05) is 28.8 Å². The molecule has 0 radical (unpaired) electrons. The fourth-order valence-corrected chi connectivity index (χ4v) is 4.52. The van der Waals surface area contributed by atoms with E-state index in [1.807, 2.05) is 6.07 Å². The van der Waals surface area contributed by atoms with E-state index in [0.29, 0.717) is 23.5 Å². The highest BCUT2D eigenvalue weighted by Gasteiger charge is 2.31. The third kappa shape index (κ3) is 3.97. The SMILES string of the molecule is CN(c1cnc(C(=O)Nc2cccc(C#N)c2)cn1)C1CCS(=O)(=O)C1. The molecule has 1 saturated heterocycles. The maximum Gasteiger partial charge on any atom is 0.275 e. The smallest absolute Gasteiger partial charge is 0.275 e. The summed E-state index contributed by atoms with van der Waals surface area (Å²) in [4.78, 5) is 22.4. The minimum atomic E-state index is -2.99. The maximum atomic E-state index is 12.2. The summed E-state index contributed by atoms with van der Waals surface area (Å²) < 4.78 is 23.2. The molecule has 1 aromatic heterocycles. The van der Waals surface area contributed by atoms with Crippen molar-refractivity contribution in [1.29, 1.82) is 5.26 Å². The Hall–Kier alpha value is -2.99. The number of hydrogen-bond acceptors (Lipinski definition) is 7. The van der Waals surface area contributed by atoms with Crippen molar-refractivity contribution >= 4 is 27.2 Å². The van der Waals surface area contributed by atoms with Crippen molar-refractivity contribution in [3.05, 3.63) is 47.9 Å². The van der Waals surface area contributed by atoms with Crippen LogP contribution in [0.5, 0.6) is 0 Å². The van der Waals surface area contributed by atoms with Crippen molar-refractivity contribution in [3.8, 4) is 6.07 Å². The van der Waals surface area contributed by atoms with Crippen molar-refractivity contribution in [3.63, 3.8) is 0 Å². The summed E-state index contributed by atoms with van der Waals surface area (Å²) in [6.45, 7) is 0. The molecule has 0 saturated carbocycles. The summed E-state index contributed by atoms with van der Waals surface area (Å²) in [5, 5.41) is 11.6. The number of carbonyl (C=O) groups excluding carboxylic acids is 1. The number of sulfone groups is 1. The van der Waals surface area contributed by atoms with Gasteiger partial charge >= 0.3 is 0 Å². The zero-order valence-corrected chi connectivity index (χ0v) is 14.9. The monoisotopic (exact) mass is 371 g/mol. The van der Waals surface area contributed by atoms with E-state index in [-0.39, 0.29) is 23.2 Å². The van der Waals surface area contributed by atoms with Crippen LogP contribution in [0.15, 0.2) is 36.7 Å². The van der Waals surface area contributed by atoms with Gasteiger partial charge in [0.25, 0.3) is 5.91 Å². The predicted molar refractivity (Wildman–Crippen MR) is 96.6 cm³/mol. The van der Waals surface area contributed by atoms with Gasteiger partial charge in [-0.25, -0.2) is 18.4 Å². The van der Waals surface area contributed by atoms with Crippen LogP contribution < -0.4 is 10.2 Å². The molecule has 1 unspecified atom stereocenters. The van der Waals surface area contributed by atoms with E-state index < -0.39 is 15.7 Å². The van der Waals surface area contributed by atoms with E-state index in [2.05, 4.69) is 15.3 Å². The molecule has 1 amide bonds. The van der Waals surface area contributed by atoms with Gasteiger partial charge in [-0.1, -0.05) is 6.07 Å². The molecule has 2 heterocycles. The lowest BCUT2D eigenvalue weighted by Crippen LogP contribution is -2.33. The van der Waals surface area contributed by atoms with Crippen LogP contribution >= 0.6 is 0 Å². The van der Waals surface area contributed by atoms with Gasteiger partial charge in [0.2, 0.25) is 0 Å². The molecule has 9 heteroatoms. The highest BCUT2D eigenvalue weighted by Crippen LogP contribution is 2.21. The average Bonchev–Trinajstić information content (AvgIpc) is 3.01. The molecule has 134 valence electrons. The molecule has 8 nitrogen and oxygen atoms in total. The molecule has 2 aromatic rings. The Balaban J connectivity index is 1.69. The Labute approximate surface area is 151 Å². The summed E-state index contributed by atoms with van der Waals surface area (Å²) in [5.74, 6) is 0.348. The predicted octanol–water partition coefficient (Wildman–Crippen LogP) is 1.22. The zero-order chi connectivity index (χ0) is 18.7. The minimum absolute atomic E-state index is 0.0999. The van der Waals surface area contributed by atoms with Crippen molar-refractivity contribution < 1.29 is 13.2 Å². The Kier molecular flexibility index (Phi) is 4.86. The number of benzene rings is 1. The molecule has 26 heavy (non-hydrogen) atoms. The molecule has 1 fully saturated rings. The van der Waals surface area contributed by atoms with Crippen LogP contribution in [-0.4, -0.2) is 48.9 Å². The molecular formula is C17H17N5O3S. The molecule has 1 atom stereocenters. The quantitative estimate of drug-likeness (QED) is 0.859. The number of hydrogen-bond donors (Lipinski definition) is 1. The number of nitrogens with one attached hydrogen (secondary N) is 1. The summed E-state index contributed by atoms with van der Waals surface area (Å²) in [6, 6.07) is 8.42. The van der Waals surface area contributed by atoms with Crippen LogP contribution in [0.4, 0.5) is 11.5 Å². The van der Waals surface area contributed by atoms with Gasteiger partial charge in [0, 0.05) is 18.8 Å². The van der Waals surface area contributed by atoms with Crippen LogP contribution in [0.25, 0.3) is 0 Å². The van der Waals surface area contributed by atoms with E-state index in [0.717, 1.165) is 0 Å². The lowest BCUT2D eigenvalue weighted by molar-refractivity contribution is 0.102. The van der Waals surface area contributed by atoms with Gasteiger partial charge in [0.15, 0.2) is 9.84 Å². The largest absolute Gasteiger partial charge is 0.354 e. The number of nitrogens with zero attached hydrogens (tertiary/aromatic N) is 4. The van der Waals surface area contributed by atoms with Gasteiger partial charge in [-0.2, -0.15) is 5.26 Å².